The van der Waals surface area contributed by atoms with Crippen molar-refractivity contribution in [2.75, 3.05) is 0 Å². The molecule has 140 valence electrons. The number of H-pyrrole nitrogens is 1. The van der Waals surface area contributed by atoms with Crippen molar-refractivity contribution in [2.45, 2.75) is 27.3 Å². The van der Waals surface area contributed by atoms with Gasteiger partial charge in [0.1, 0.15) is 18.1 Å². The molecule has 0 radical (unpaired) electrons. The minimum Gasteiger partial charge on any atom is -0.466 e. The number of aryl methyl sites for hydroxylation is 3. The minimum atomic E-state index is -0.452. The Hall–Kier alpha value is -3.20. The van der Waals surface area contributed by atoms with Crippen LogP contribution in [0.4, 0.5) is 0 Å². The number of carbonyl (C=O) groups is 2. The summed E-state index contributed by atoms with van der Waals surface area (Å²) in [5.41, 5.74) is 7.07. The molecule has 0 aliphatic heterocycles. The predicted octanol–water partition coefficient (Wildman–Crippen LogP) is 2.59. The van der Waals surface area contributed by atoms with E-state index in [9.17, 15) is 9.59 Å². The first-order valence-corrected chi connectivity index (χ1v) is 8.64. The molecular weight excluding hydrogens is 366 g/mol. The molecule has 0 saturated heterocycles. The predicted molar refractivity (Wildman–Crippen MR) is 101 cm³/mol. The smallest absolute Gasteiger partial charge is 0.273 e. The summed E-state index contributed by atoms with van der Waals surface area (Å²) < 4.78 is 7.19. The Morgan fingerprint density at radius 1 is 1.19 bits per heavy atom. The van der Waals surface area contributed by atoms with E-state index < -0.39 is 11.8 Å². The molecular formula is C18H19N5O3S. The van der Waals surface area contributed by atoms with E-state index in [1.807, 2.05) is 31.2 Å². The Balaban J connectivity index is 1.69. The lowest BCUT2D eigenvalue weighted by atomic mass is 10.1. The van der Waals surface area contributed by atoms with Gasteiger partial charge in [-0.25, -0.2) is 0 Å². The number of hydrogen-bond donors (Lipinski definition) is 3. The summed E-state index contributed by atoms with van der Waals surface area (Å²) >= 11 is 5.21. The molecule has 8 nitrogen and oxygen atoms in total. The second-order valence-corrected chi connectivity index (χ2v) is 6.52. The van der Waals surface area contributed by atoms with Gasteiger partial charge in [0.15, 0.2) is 10.6 Å². The molecule has 0 fully saturated rings. The minimum absolute atomic E-state index is 0.0950. The van der Waals surface area contributed by atoms with Crippen molar-refractivity contribution in [3.8, 4) is 11.4 Å². The van der Waals surface area contributed by atoms with Gasteiger partial charge in [-0.15, -0.1) is 0 Å². The number of rotatable bonds is 4. The molecule has 3 N–H and O–H groups in total. The van der Waals surface area contributed by atoms with Crippen LogP contribution in [0.3, 0.4) is 0 Å². The molecule has 3 rings (SSSR count). The number of furan rings is 1. The second-order valence-electron chi connectivity index (χ2n) is 6.13. The van der Waals surface area contributed by atoms with Crippen molar-refractivity contribution in [3.05, 3.63) is 57.8 Å². The lowest BCUT2D eigenvalue weighted by Crippen LogP contribution is -2.43. The topological polar surface area (TPSA) is 105 Å². The summed E-state index contributed by atoms with van der Waals surface area (Å²) in [5, 5.41) is 6.88. The third-order valence-corrected chi connectivity index (χ3v) is 4.28. The largest absolute Gasteiger partial charge is 0.466 e. The summed E-state index contributed by atoms with van der Waals surface area (Å²) in [7, 11) is 0. The molecule has 9 heteroatoms. The molecule has 1 aromatic carbocycles. The Morgan fingerprint density at radius 3 is 2.52 bits per heavy atom. The van der Waals surface area contributed by atoms with Crippen LogP contribution in [0, 0.1) is 25.5 Å². The average molecular weight is 385 g/mol. The molecule has 2 aromatic heterocycles. The molecule has 0 spiro atoms. The molecule has 0 bridgehead atoms. The fourth-order valence-electron chi connectivity index (χ4n) is 2.62. The van der Waals surface area contributed by atoms with Crippen molar-refractivity contribution < 1.29 is 14.0 Å². The standard InChI is InChI=1S/C18H19N5O3S/c1-10-4-6-13(7-5-10)16-20-22-18(27)23(16)9-15(24)19-21-17(25)14-8-11(2)26-12(14)3/h4-8H,9H2,1-3H3,(H,19,24)(H,21,25)(H,22,27). The van der Waals surface area contributed by atoms with E-state index in [2.05, 4.69) is 21.0 Å². The highest BCUT2D eigenvalue weighted by molar-refractivity contribution is 7.71. The number of hydrogen-bond acceptors (Lipinski definition) is 5. The van der Waals surface area contributed by atoms with E-state index in [0.29, 0.717) is 27.7 Å². The van der Waals surface area contributed by atoms with Crippen molar-refractivity contribution in [1.29, 1.82) is 0 Å². The number of aromatic nitrogens is 3. The normalized spacial score (nSPS) is 10.6. The van der Waals surface area contributed by atoms with Crippen molar-refractivity contribution >= 4 is 24.0 Å². The Labute approximate surface area is 160 Å². The lowest BCUT2D eigenvalue weighted by Gasteiger charge is -2.09. The van der Waals surface area contributed by atoms with Gasteiger partial charge >= 0.3 is 0 Å². The first-order chi connectivity index (χ1) is 12.8. The van der Waals surface area contributed by atoms with Gasteiger partial charge in [-0.05, 0) is 39.1 Å². The van der Waals surface area contributed by atoms with Gasteiger partial charge in [-0.2, -0.15) is 5.10 Å². The third-order valence-electron chi connectivity index (χ3n) is 3.97. The molecule has 0 unspecified atom stereocenters. The van der Waals surface area contributed by atoms with Gasteiger partial charge in [0.2, 0.25) is 0 Å². The molecule has 0 aliphatic rings. The van der Waals surface area contributed by atoms with E-state index in [1.54, 1.807) is 24.5 Å². The van der Waals surface area contributed by atoms with Crippen LogP contribution in [-0.4, -0.2) is 26.6 Å². The summed E-state index contributed by atoms with van der Waals surface area (Å²) in [5.74, 6) is 0.761. The molecule has 3 aromatic rings. The van der Waals surface area contributed by atoms with Gasteiger partial charge in [0, 0.05) is 5.56 Å². The number of carbonyl (C=O) groups excluding carboxylic acids is 2. The van der Waals surface area contributed by atoms with Gasteiger partial charge in [0.05, 0.1) is 5.56 Å². The Kier molecular flexibility index (Phi) is 5.22. The van der Waals surface area contributed by atoms with Crippen LogP contribution in [0.5, 0.6) is 0 Å². The molecule has 0 aliphatic carbocycles. The number of amides is 2. The molecule has 0 atom stereocenters. The second kappa shape index (κ2) is 7.58. The zero-order valence-corrected chi connectivity index (χ0v) is 15.9. The number of aromatic amines is 1. The van der Waals surface area contributed by atoms with E-state index in [1.165, 1.54) is 0 Å². The summed E-state index contributed by atoms with van der Waals surface area (Å²) in [6.45, 7) is 5.32. The first-order valence-electron chi connectivity index (χ1n) is 8.23. The molecule has 2 amide bonds. The highest BCUT2D eigenvalue weighted by atomic mass is 32.1. The Morgan fingerprint density at radius 2 is 1.89 bits per heavy atom. The maximum absolute atomic E-state index is 12.3. The Bertz CT molecular complexity index is 1050. The van der Waals surface area contributed by atoms with Crippen LogP contribution in [0.25, 0.3) is 11.4 Å². The summed E-state index contributed by atoms with van der Waals surface area (Å²) in [6.07, 6.45) is 0. The number of hydrazine groups is 1. The number of nitrogens with zero attached hydrogens (tertiary/aromatic N) is 2. The summed E-state index contributed by atoms with van der Waals surface area (Å²) in [6, 6.07) is 9.32. The highest BCUT2D eigenvalue weighted by Crippen LogP contribution is 2.18. The monoisotopic (exact) mass is 385 g/mol. The number of benzene rings is 1. The first kappa shape index (κ1) is 18.6. The van der Waals surface area contributed by atoms with Crippen LogP contribution in [-0.2, 0) is 11.3 Å². The van der Waals surface area contributed by atoms with Crippen LogP contribution < -0.4 is 10.9 Å². The van der Waals surface area contributed by atoms with E-state index in [4.69, 9.17) is 16.6 Å². The van der Waals surface area contributed by atoms with Gasteiger partial charge in [-0.1, -0.05) is 29.8 Å². The van der Waals surface area contributed by atoms with Crippen molar-refractivity contribution in [2.24, 2.45) is 0 Å². The fourth-order valence-corrected chi connectivity index (χ4v) is 2.82. The third kappa shape index (κ3) is 4.14. The van der Waals surface area contributed by atoms with Crippen LogP contribution in [0.15, 0.2) is 34.7 Å². The highest BCUT2D eigenvalue weighted by Gasteiger charge is 2.16. The van der Waals surface area contributed by atoms with Gasteiger partial charge in [-0.3, -0.25) is 30.1 Å². The number of nitrogens with one attached hydrogen (secondary N) is 3. The maximum atomic E-state index is 12.3. The van der Waals surface area contributed by atoms with E-state index in [-0.39, 0.29) is 6.54 Å². The van der Waals surface area contributed by atoms with Gasteiger partial charge in [0.25, 0.3) is 11.8 Å². The SMILES string of the molecule is Cc1ccc(-c2n[nH]c(=S)n2CC(=O)NNC(=O)c2cc(C)oc2C)cc1. The molecule has 2 heterocycles. The quantitative estimate of drug-likeness (QED) is 0.473. The average Bonchev–Trinajstić information content (AvgIpc) is 3.16. The lowest BCUT2D eigenvalue weighted by molar-refractivity contribution is -0.122. The zero-order valence-electron chi connectivity index (χ0n) is 15.1. The van der Waals surface area contributed by atoms with E-state index in [0.717, 1.165) is 11.1 Å². The van der Waals surface area contributed by atoms with Crippen LogP contribution in [0.2, 0.25) is 0 Å². The van der Waals surface area contributed by atoms with Crippen LogP contribution in [0.1, 0.15) is 27.4 Å². The van der Waals surface area contributed by atoms with Crippen molar-refractivity contribution in [1.82, 2.24) is 25.6 Å². The maximum Gasteiger partial charge on any atom is 0.273 e. The van der Waals surface area contributed by atoms with Crippen molar-refractivity contribution in [3.63, 3.8) is 0 Å². The zero-order chi connectivity index (χ0) is 19.6. The van der Waals surface area contributed by atoms with E-state index >= 15 is 0 Å². The summed E-state index contributed by atoms with van der Waals surface area (Å²) in [4.78, 5) is 24.4. The van der Waals surface area contributed by atoms with Gasteiger partial charge < -0.3 is 4.42 Å². The fraction of sp³-hybridized carbons (Fsp3) is 0.222. The molecule has 0 saturated carbocycles. The van der Waals surface area contributed by atoms with Crippen LogP contribution >= 0.6 is 12.2 Å². The molecule has 27 heavy (non-hydrogen) atoms.